The maximum absolute atomic E-state index is 13.7. The lowest BCUT2D eigenvalue weighted by atomic mass is 9.90. The van der Waals surface area contributed by atoms with Gasteiger partial charge in [0.25, 0.3) is 0 Å². The van der Waals surface area contributed by atoms with Crippen molar-refractivity contribution in [3.63, 3.8) is 0 Å². The molecule has 2 aliphatic rings. The quantitative estimate of drug-likeness (QED) is 0.0644. The smallest absolute Gasteiger partial charge is 0.303 e. The molecular formula is C49H52BrF2N9O6. The van der Waals surface area contributed by atoms with E-state index in [0.717, 1.165) is 73.1 Å². The third-order valence-electron chi connectivity index (χ3n) is 11.6. The van der Waals surface area contributed by atoms with Crippen molar-refractivity contribution in [1.82, 2.24) is 29.5 Å². The number of halogens is 3. The van der Waals surface area contributed by atoms with Crippen molar-refractivity contribution in [2.75, 3.05) is 36.9 Å². The van der Waals surface area contributed by atoms with Gasteiger partial charge < -0.3 is 30.3 Å². The molecule has 2 atom stereocenters. The van der Waals surface area contributed by atoms with Crippen molar-refractivity contribution in [2.45, 2.75) is 76.0 Å². The van der Waals surface area contributed by atoms with Crippen LogP contribution in [0.2, 0.25) is 0 Å². The zero-order valence-corrected chi connectivity index (χ0v) is 38.9. The second-order valence-electron chi connectivity index (χ2n) is 16.6. The number of nitrogens with one attached hydrogen (secondary N) is 2. The number of fused-ring (bicyclic) bond motifs is 2. The predicted octanol–water partition coefficient (Wildman–Crippen LogP) is 8.10. The van der Waals surface area contributed by atoms with E-state index < -0.39 is 23.7 Å². The van der Waals surface area contributed by atoms with E-state index in [2.05, 4.69) is 58.9 Å². The first-order valence-electron chi connectivity index (χ1n) is 22.2. The summed E-state index contributed by atoms with van der Waals surface area (Å²) in [6.07, 6.45) is 6.13. The molecule has 0 fully saturated rings. The molecule has 67 heavy (non-hydrogen) atoms. The molecule has 0 saturated carbocycles. The summed E-state index contributed by atoms with van der Waals surface area (Å²) in [6, 6.07) is 22.4. The molecule has 8 rings (SSSR count). The maximum atomic E-state index is 13.7. The zero-order valence-electron chi connectivity index (χ0n) is 37.3. The van der Waals surface area contributed by atoms with Gasteiger partial charge in [-0.15, -0.1) is 0 Å². The number of benzene rings is 2. The van der Waals surface area contributed by atoms with Crippen LogP contribution in [0.15, 0.2) is 77.3 Å². The minimum Gasteiger partial charge on any atom is -0.481 e. The Morgan fingerprint density at radius 1 is 0.716 bits per heavy atom. The van der Waals surface area contributed by atoms with Gasteiger partial charge in [-0.2, -0.15) is 15.5 Å². The van der Waals surface area contributed by atoms with E-state index in [1.165, 1.54) is 35.4 Å². The van der Waals surface area contributed by atoms with Gasteiger partial charge in [0.2, 0.25) is 11.8 Å². The van der Waals surface area contributed by atoms with E-state index in [-0.39, 0.29) is 30.1 Å². The fraction of sp³-hybridized carbons (Fsp3) is 0.367. The number of ether oxygens (including phenoxy) is 2. The van der Waals surface area contributed by atoms with Gasteiger partial charge >= 0.3 is 11.9 Å². The lowest BCUT2D eigenvalue weighted by Gasteiger charge is -2.17. The summed E-state index contributed by atoms with van der Waals surface area (Å²) in [4.78, 5) is 32.2. The number of hydrogen-bond acceptors (Lipinski definition) is 11. The molecule has 6 aromatic rings. The normalized spacial score (nSPS) is 13.6. The molecule has 18 heteroatoms. The Morgan fingerprint density at radius 3 is 1.66 bits per heavy atom. The third kappa shape index (κ3) is 13.2. The topological polar surface area (TPSA) is 202 Å². The number of pyridine rings is 2. The average Bonchev–Trinajstić information content (AvgIpc) is 3.85. The number of aryl methyl sites for hydroxylation is 4. The minimum atomic E-state index is -0.979. The highest BCUT2D eigenvalue weighted by Crippen LogP contribution is 2.30. The maximum Gasteiger partial charge on any atom is 0.303 e. The van der Waals surface area contributed by atoms with Gasteiger partial charge in [0, 0.05) is 63.5 Å². The third-order valence-corrected chi connectivity index (χ3v) is 12.3. The molecule has 4 aromatic heterocycles. The summed E-state index contributed by atoms with van der Waals surface area (Å²) in [5.41, 5.74) is 7.00. The van der Waals surface area contributed by atoms with Gasteiger partial charge in [-0.05, 0) is 125 Å². The molecule has 2 aliphatic heterocycles. The Morgan fingerprint density at radius 2 is 1.19 bits per heavy atom. The van der Waals surface area contributed by atoms with Crippen LogP contribution in [0.25, 0.3) is 0 Å². The molecule has 0 radical (unpaired) electrons. The second kappa shape index (κ2) is 22.6. The van der Waals surface area contributed by atoms with E-state index in [1.54, 1.807) is 47.7 Å². The monoisotopic (exact) mass is 979 g/mol. The largest absolute Gasteiger partial charge is 0.481 e. The molecule has 2 unspecified atom stereocenters. The molecule has 0 bridgehead atoms. The van der Waals surface area contributed by atoms with E-state index in [4.69, 9.17) is 14.7 Å². The number of carboxylic acid groups (broad SMARTS) is 2. The molecule has 15 nitrogen and oxygen atoms in total. The van der Waals surface area contributed by atoms with Crippen molar-refractivity contribution in [2.24, 2.45) is 14.1 Å². The lowest BCUT2D eigenvalue weighted by Crippen LogP contribution is -2.14. The number of carboxylic acids is 2. The summed E-state index contributed by atoms with van der Waals surface area (Å²) < 4.78 is 42.8. The molecular weight excluding hydrogens is 928 g/mol. The highest BCUT2D eigenvalue weighted by Gasteiger charge is 2.22. The van der Waals surface area contributed by atoms with E-state index in [0.29, 0.717) is 66.4 Å². The van der Waals surface area contributed by atoms with Gasteiger partial charge in [0.1, 0.15) is 29.3 Å². The van der Waals surface area contributed by atoms with Crippen LogP contribution >= 0.6 is 15.9 Å². The molecule has 0 saturated heterocycles. The fourth-order valence-corrected chi connectivity index (χ4v) is 8.61. The zero-order chi connectivity index (χ0) is 47.5. The van der Waals surface area contributed by atoms with Crippen molar-refractivity contribution >= 4 is 39.5 Å². The number of aliphatic carboxylic acids is 2. The fourth-order valence-electron chi connectivity index (χ4n) is 8.21. The Balaban J connectivity index is 0.000000199. The van der Waals surface area contributed by atoms with E-state index in [1.807, 2.05) is 18.2 Å². The second-order valence-corrected chi connectivity index (χ2v) is 17.5. The molecule has 6 heterocycles. The highest BCUT2D eigenvalue weighted by molar-refractivity contribution is 9.10. The van der Waals surface area contributed by atoms with Crippen molar-refractivity contribution in [1.29, 1.82) is 5.26 Å². The standard InChI is InChI=1S/C25H26FN5O3.C24H26BrFN4O3/c1-31-23(34-10-8-20-6-4-16-3-2-9-28-25(16)29-20)14-21(30-31)12-18(13-24(32)33)17-5-7-22(26)19(11-17)15-27;1-30-22(33-10-8-18-6-4-15-3-2-9-27-24(15)28-18)14-19(29-30)11-17(13-23(31)32)16-5-7-21(26)20(25)12-16/h4-7,11,14,18H,2-3,8-10,12-13H2,1H3,(H,28,29)(H,32,33);4-7,12,14,17H,2-3,8-11,13H2,1H3,(H,27,28)(H,31,32). The van der Waals surface area contributed by atoms with Gasteiger partial charge in [-0.25, -0.2) is 28.1 Å². The summed E-state index contributed by atoms with van der Waals surface area (Å²) in [7, 11) is 3.55. The Bertz CT molecular complexity index is 2760. The first-order chi connectivity index (χ1) is 32.3. The Labute approximate surface area is 395 Å². The van der Waals surface area contributed by atoms with Crippen LogP contribution in [0.5, 0.6) is 11.8 Å². The summed E-state index contributed by atoms with van der Waals surface area (Å²) in [5.74, 6) is -0.604. The van der Waals surface area contributed by atoms with Crippen LogP contribution in [0, 0.1) is 23.0 Å². The van der Waals surface area contributed by atoms with Crippen LogP contribution in [0.3, 0.4) is 0 Å². The Hall–Kier alpha value is -6.87. The minimum absolute atomic E-state index is 0.0805. The van der Waals surface area contributed by atoms with Gasteiger partial charge in [0.15, 0.2) is 0 Å². The number of rotatable bonds is 18. The number of hydrogen-bond donors (Lipinski definition) is 4. The van der Waals surface area contributed by atoms with Crippen molar-refractivity contribution in [3.8, 4) is 17.8 Å². The number of carbonyl (C=O) groups is 2. The molecule has 0 amide bonds. The van der Waals surface area contributed by atoms with Crippen LogP contribution in [-0.2, 0) is 62.2 Å². The van der Waals surface area contributed by atoms with Gasteiger partial charge in [0.05, 0.1) is 47.5 Å². The SMILES string of the molecule is Cn1nc(CC(CC(=O)O)c2ccc(F)c(Br)c2)cc1OCCc1ccc2c(n1)NCCC2.Cn1nc(CC(CC(=O)O)c2ccc(F)c(C#N)c2)cc1OCCc1ccc2c(n1)NCCC2. The van der Waals surface area contributed by atoms with Gasteiger partial charge in [-0.3, -0.25) is 9.59 Å². The van der Waals surface area contributed by atoms with Crippen molar-refractivity contribution < 1.29 is 38.1 Å². The highest BCUT2D eigenvalue weighted by atomic mass is 79.9. The predicted molar refractivity (Wildman–Crippen MR) is 250 cm³/mol. The number of aromatic nitrogens is 6. The van der Waals surface area contributed by atoms with E-state index >= 15 is 0 Å². The molecule has 0 aliphatic carbocycles. The molecule has 4 N–H and O–H groups in total. The number of nitriles is 1. The van der Waals surface area contributed by atoms with Crippen LogP contribution in [-0.4, -0.2) is 78.0 Å². The summed E-state index contributed by atoms with van der Waals surface area (Å²) >= 11 is 3.18. The van der Waals surface area contributed by atoms with Crippen LogP contribution in [0.1, 0.15) is 88.1 Å². The number of nitrogens with zero attached hydrogens (tertiary/aromatic N) is 7. The average molecular weight is 981 g/mol. The van der Waals surface area contributed by atoms with Crippen LogP contribution in [0.4, 0.5) is 20.4 Å². The van der Waals surface area contributed by atoms with Gasteiger partial charge in [-0.1, -0.05) is 24.3 Å². The van der Waals surface area contributed by atoms with Crippen molar-refractivity contribution in [3.05, 3.63) is 139 Å². The van der Waals surface area contributed by atoms with Crippen LogP contribution < -0.4 is 20.1 Å². The molecule has 0 spiro atoms. The Kier molecular flexibility index (Phi) is 16.2. The summed E-state index contributed by atoms with van der Waals surface area (Å²) in [6.45, 7) is 2.77. The number of anilines is 2. The lowest BCUT2D eigenvalue weighted by molar-refractivity contribution is -0.138. The summed E-state index contributed by atoms with van der Waals surface area (Å²) in [5, 5.41) is 43.5. The first-order valence-corrected chi connectivity index (χ1v) is 23.0. The van der Waals surface area contributed by atoms with E-state index in [9.17, 15) is 28.6 Å². The molecule has 2 aromatic carbocycles. The molecule has 350 valence electrons. The first kappa shape index (κ1) is 48.1.